The Morgan fingerprint density at radius 2 is 1.76 bits per heavy atom. The van der Waals surface area contributed by atoms with Crippen LogP contribution in [0.25, 0.3) is 0 Å². The minimum atomic E-state index is -0.506. The minimum absolute atomic E-state index is 0.113. The molecule has 1 aliphatic rings. The fraction of sp³-hybridized carbons (Fsp3) is 0.316. The van der Waals surface area contributed by atoms with Gasteiger partial charge in [0.25, 0.3) is 5.91 Å². The molecule has 1 aliphatic carbocycles. The first-order valence-electron chi connectivity index (χ1n) is 8.24. The molecule has 132 valence electrons. The lowest BCUT2D eigenvalue weighted by atomic mass is 9.86. The van der Waals surface area contributed by atoms with Gasteiger partial charge in [0.1, 0.15) is 5.82 Å². The predicted molar refractivity (Wildman–Crippen MR) is 98.8 cm³/mol. The second-order valence-corrected chi connectivity index (χ2v) is 7.20. The molecule has 2 aromatic carbocycles. The summed E-state index contributed by atoms with van der Waals surface area (Å²) < 4.78 is 13.3. The average molecular weight is 381 g/mol. The smallest absolute Gasteiger partial charge is 0.251 e. The highest BCUT2D eigenvalue weighted by Crippen LogP contribution is 2.21. The molecule has 0 radical (unpaired) electrons. The van der Waals surface area contributed by atoms with Gasteiger partial charge in [0, 0.05) is 27.7 Å². The Kier molecular flexibility index (Phi) is 5.94. The van der Waals surface area contributed by atoms with E-state index >= 15 is 0 Å². The Balaban J connectivity index is 1.37. The van der Waals surface area contributed by atoms with Crippen LogP contribution in [0.5, 0.6) is 0 Å². The topological polar surface area (TPSA) is 41.1 Å². The molecule has 0 aromatic heterocycles. The molecule has 1 fully saturated rings. The van der Waals surface area contributed by atoms with Gasteiger partial charge in [-0.1, -0.05) is 35.3 Å². The van der Waals surface area contributed by atoms with Crippen LogP contribution in [0.15, 0.2) is 42.5 Å². The molecule has 0 spiro atoms. The van der Waals surface area contributed by atoms with E-state index in [4.69, 9.17) is 23.2 Å². The fourth-order valence-corrected chi connectivity index (χ4v) is 3.28. The molecule has 1 amide bonds. The second kappa shape index (κ2) is 8.17. The fourth-order valence-electron chi connectivity index (χ4n) is 2.93. The average Bonchev–Trinajstić information content (AvgIpc) is 2.53. The van der Waals surface area contributed by atoms with E-state index in [2.05, 4.69) is 10.6 Å². The number of hydrogen-bond donors (Lipinski definition) is 2. The van der Waals surface area contributed by atoms with Gasteiger partial charge in [0.2, 0.25) is 0 Å². The van der Waals surface area contributed by atoms with Gasteiger partial charge in [-0.05, 0) is 61.7 Å². The van der Waals surface area contributed by atoms with Crippen molar-refractivity contribution < 1.29 is 9.18 Å². The van der Waals surface area contributed by atoms with Gasteiger partial charge >= 0.3 is 0 Å². The maximum absolute atomic E-state index is 13.3. The number of benzene rings is 2. The highest BCUT2D eigenvalue weighted by Gasteiger charge is 2.30. The second-order valence-electron chi connectivity index (χ2n) is 6.33. The summed E-state index contributed by atoms with van der Waals surface area (Å²) in [4.78, 5) is 12.1. The lowest BCUT2D eigenvalue weighted by Crippen LogP contribution is -2.52. The van der Waals surface area contributed by atoms with Crippen LogP contribution in [0.4, 0.5) is 4.39 Å². The summed E-state index contributed by atoms with van der Waals surface area (Å²) in [6.07, 6.45) is 2.68. The number of carbonyl (C=O) groups is 1. The Morgan fingerprint density at radius 3 is 2.44 bits per heavy atom. The number of carbonyl (C=O) groups excluding carboxylic acids is 1. The molecule has 0 aliphatic heterocycles. The number of nitrogens with one attached hydrogen (secondary N) is 2. The van der Waals surface area contributed by atoms with Crippen LogP contribution in [0.1, 0.15) is 28.8 Å². The van der Waals surface area contributed by atoms with Crippen molar-refractivity contribution in [3.8, 4) is 0 Å². The SMILES string of the molecule is O=C(N[C@H]1C[C@H](NCCc2ccc(Cl)cc2)C1)c1cc(F)cc(Cl)c1. The standard InChI is InChI=1S/C19H19Cl2FN2O/c20-14-3-1-12(2-4-14)5-6-23-17-10-18(11-17)24-19(25)13-7-15(21)9-16(22)8-13/h1-4,7-9,17-18,23H,5-6,10-11H2,(H,24,25)/t17-,18-. The van der Waals surface area contributed by atoms with Crippen molar-refractivity contribution in [2.45, 2.75) is 31.3 Å². The zero-order valence-corrected chi connectivity index (χ0v) is 15.1. The van der Waals surface area contributed by atoms with E-state index in [0.29, 0.717) is 6.04 Å². The summed E-state index contributed by atoms with van der Waals surface area (Å²) in [7, 11) is 0. The summed E-state index contributed by atoms with van der Waals surface area (Å²) in [5.74, 6) is -0.793. The van der Waals surface area contributed by atoms with Crippen molar-refractivity contribution >= 4 is 29.1 Å². The van der Waals surface area contributed by atoms with E-state index in [0.717, 1.165) is 30.8 Å². The number of amides is 1. The maximum Gasteiger partial charge on any atom is 0.251 e. The van der Waals surface area contributed by atoms with Crippen molar-refractivity contribution in [2.24, 2.45) is 0 Å². The van der Waals surface area contributed by atoms with E-state index in [1.807, 2.05) is 24.3 Å². The molecular formula is C19H19Cl2FN2O. The largest absolute Gasteiger partial charge is 0.349 e. The van der Waals surface area contributed by atoms with Gasteiger partial charge in [0.15, 0.2) is 0 Å². The summed E-state index contributed by atoms with van der Waals surface area (Å²) in [6.45, 7) is 0.881. The van der Waals surface area contributed by atoms with Crippen molar-refractivity contribution in [1.29, 1.82) is 0 Å². The van der Waals surface area contributed by atoms with Crippen LogP contribution in [-0.2, 0) is 6.42 Å². The van der Waals surface area contributed by atoms with Gasteiger partial charge in [-0.3, -0.25) is 4.79 Å². The monoisotopic (exact) mass is 380 g/mol. The Bertz CT molecular complexity index is 725. The molecular weight excluding hydrogens is 362 g/mol. The van der Waals surface area contributed by atoms with Crippen LogP contribution in [0.3, 0.4) is 0 Å². The quantitative estimate of drug-likeness (QED) is 0.787. The van der Waals surface area contributed by atoms with Crippen LogP contribution < -0.4 is 10.6 Å². The molecule has 25 heavy (non-hydrogen) atoms. The van der Waals surface area contributed by atoms with Crippen LogP contribution >= 0.6 is 23.2 Å². The summed E-state index contributed by atoms with van der Waals surface area (Å²) in [5.41, 5.74) is 1.49. The van der Waals surface area contributed by atoms with E-state index in [1.54, 1.807) is 0 Å². The van der Waals surface area contributed by atoms with Gasteiger partial charge in [-0.25, -0.2) is 4.39 Å². The molecule has 2 aromatic rings. The van der Waals surface area contributed by atoms with Gasteiger partial charge in [0.05, 0.1) is 0 Å². The van der Waals surface area contributed by atoms with E-state index < -0.39 is 5.82 Å². The Hall–Kier alpha value is -1.62. The first-order chi connectivity index (χ1) is 12.0. The van der Waals surface area contributed by atoms with Crippen LogP contribution in [-0.4, -0.2) is 24.5 Å². The molecule has 0 saturated heterocycles. The van der Waals surface area contributed by atoms with Crippen molar-refractivity contribution in [2.75, 3.05) is 6.54 Å². The summed E-state index contributed by atoms with van der Waals surface area (Å²) in [5, 5.41) is 7.36. The molecule has 0 atom stereocenters. The lowest BCUT2D eigenvalue weighted by molar-refractivity contribution is 0.0902. The van der Waals surface area contributed by atoms with Gasteiger partial charge < -0.3 is 10.6 Å². The molecule has 0 unspecified atom stereocenters. The zero-order chi connectivity index (χ0) is 17.8. The van der Waals surface area contributed by atoms with Crippen LogP contribution in [0.2, 0.25) is 10.0 Å². The number of rotatable bonds is 6. The van der Waals surface area contributed by atoms with Crippen molar-refractivity contribution in [1.82, 2.24) is 10.6 Å². The summed E-state index contributed by atoms with van der Waals surface area (Å²) in [6, 6.07) is 12.2. The first kappa shape index (κ1) is 18.2. The van der Waals surface area contributed by atoms with E-state index in [-0.39, 0.29) is 22.5 Å². The molecule has 3 rings (SSSR count). The number of hydrogen-bond acceptors (Lipinski definition) is 2. The molecule has 1 saturated carbocycles. The third kappa shape index (κ3) is 5.18. The van der Waals surface area contributed by atoms with E-state index in [9.17, 15) is 9.18 Å². The zero-order valence-electron chi connectivity index (χ0n) is 13.6. The minimum Gasteiger partial charge on any atom is -0.349 e. The van der Waals surface area contributed by atoms with Gasteiger partial charge in [-0.15, -0.1) is 0 Å². The summed E-state index contributed by atoms with van der Waals surface area (Å²) >= 11 is 11.6. The molecule has 0 bridgehead atoms. The Morgan fingerprint density at radius 1 is 1.04 bits per heavy atom. The maximum atomic E-state index is 13.3. The lowest BCUT2D eigenvalue weighted by Gasteiger charge is -2.36. The first-order valence-corrected chi connectivity index (χ1v) is 9.00. The molecule has 2 N–H and O–H groups in total. The number of halogens is 3. The van der Waals surface area contributed by atoms with Crippen LogP contribution in [0, 0.1) is 5.82 Å². The normalized spacial score (nSPS) is 19.3. The highest BCUT2D eigenvalue weighted by molar-refractivity contribution is 6.31. The van der Waals surface area contributed by atoms with Gasteiger partial charge in [-0.2, -0.15) is 0 Å². The molecule has 0 heterocycles. The third-order valence-corrected chi connectivity index (χ3v) is 4.83. The predicted octanol–water partition coefficient (Wildman–Crippen LogP) is 4.23. The Labute approximate surface area is 156 Å². The molecule has 6 heteroatoms. The third-order valence-electron chi connectivity index (χ3n) is 4.36. The van der Waals surface area contributed by atoms with Crippen molar-refractivity contribution in [3.05, 3.63) is 69.5 Å². The van der Waals surface area contributed by atoms with Crippen molar-refractivity contribution in [3.63, 3.8) is 0 Å². The molecule has 3 nitrogen and oxygen atoms in total. The van der Waals surface area contributed by atoms with E-state index in [1.165, 1.54) is 23.8 Å². The highest BCUT2D eigenvalue weighted by atomic mass is 35.5.